The topological polar surface area (TPSA) is 89.6 Å². The zero-order valence-corrected chi connectivity index (χ0v) is 28.9. The van der Waals surface area contributed by atoms with Gasteiger partial charge in [0.25, 0.3) is 0 Å². The van der Waals surface area contributed by atoms with Crippen LogP contribution >= 0.6 is 0 Å². The first kappa shape index (κ1) is 32.1. The van der Waals surface area contributed by atoms with Crippen molar-refractivity contribution in [3.63, 3.8) is 0 Å². The predicted octanol–water partition coefficient (Wildman–Crippen LogP) is 9.18. The summed E-state index contributed by atoms with van der Waals surface area (Å²) >= 11 is 0. The third-order valence-electron chi connectivity index (χ3n) is 15.5. The summed E-state index contributed by atoms with van der Waals surface area (Å²) in [7, 11) is 0. The highest BCUT2D eigenvalue weighted by atomic mass is 16.5. The van der Waals surface area contributed by atoms with Gasteiger partial charge in [0.1, 0.15) is 11.9 Å². The van der Waals surface area contributed by atoms with Crippen molar-refractivity contribution in [3.8, 4) is 0 Å². The Kier molecular flexibility index (Phi) is 7.73. The van der Waals surface area contributed by atoms with Gasteiger partial charge in [-0.05, 0) is 143 Å². The van der Waals surface area contributed by atoms with E-state index in [-0.39, 0.29) is 29.3 Å². The quantitative estimate of drug-likeness (QED) is 0.310. The van der Waals surface area contributed by atoms with Crippen LogP contribution in [0, 0.1) is 63.1 Å². The van der Waals surface area contributed by atoms with Gasteiger partial charge in [0.2, 0.25) is 0 Å². The van der Waals surface area contributed by atoms with Gasteiger partial charge in [-0.15, -0.1) is 0 Å². The molecule has 6 rings (SSSR count). The van der Waals surface area contributed by atoms with Crippen LogP contribution in [0.25, 0.3) is 0 Å². The number of nitrogens with zero attached hydrogens (tertiary/aromatic N) is 1. The number of hydrogen-bond acceptors (Lipinski definition) is 5. The lowest BCUT2D eigenvalue weighted by atomic mass is 9.32. The minimum Gasteiger partial charge on any atom is -0.481 e. The summed E-state index contributed by atoms with van der Waals surface area (Å²) in [5.41, 5.74) is 1.27. The van der Waals surface area contributed by atoms with Crippen molar-refractivity contribution in [2.24, 2.45) is 56.2 Å². The standard InChI is InChI=1S/C38H59NO5/c1-24-22-25(39-44-24)13-19-38-16-9-10-27(38)26-11-12-29-35(6)17-15-30(43-31(40)23-33(2,3)32(41)42)34(4,5)28(35)14-18-37(29,8)36(26,7)20-21-38/h22,26-30H,9-21,23H2,1-8H3,(H,41,42)/t26-,27-,28?,29?,30+,35+,36-,37-,38+/m1/s1. The molecule has 0 amide bonds. The zero-order valence-electron chi connectivity index (χ0n) is 28.9. The van der Waals surface area contributed by atoms with Crippen molar-refractivity contribution in [3.05, 3.63) is 17.5 Å². The monoisotopic (exact) mass is 609 g/mol. The minimum absolute atomic E-state index is 0.0851. The predicted molar refractivity (Wildman–Crippen MR) is 171 cm³/mol. The number of ether oxygens (including phenoxy) is 1. The maximum Gasteiger partial charge on any atom is 0.309 e. The number of carbonyl (C=O) groups is 2. The second kappa shape index (κ2) is 10.6. The first-order valence-electron chi connectivity index (χ1n) is 17.8. The van der Waals surface area contributed by atoms with Crippen molar-refractivity contribution < 1.29 is 24.0 Å². The lowest BCUT2D eigenvalue weighted by molar-refractivity contribution is -0.248. The number of hydrogen-bond donors (Lipinski definition) is 1. The Morgan fingerprint density at radius 1 is 0.932 bits per heavy atom. The highest BCUT2D eigenvalue weighted by Crippen LogP contribution is 2.77. The molecule has 1 heterocycles. The number of fused-ring (bicyclic) bond motifs is 7. The van der Waals surface area contributed by atoms with Crippen molar-refractivity contribution in [2.75, 3.05) is 0 Å². The number of carbonyl (C=O) groups excluding carboxylic acids is 1. The van der Waals surface area contributed by atoms with E-state index in [9.17, 15) is 14.7 Å². The van der Waals surface area contributed by atoms with Crippen LogP contribution in [0.3, 0.4) is 0 Å². The van der Waals surface area contributed by atoms with E-state index in [4.69, 9.17) is 9.26 Å². The molecular weight excluding hydrogens is 550 g/mol. The third kappa shape index (κ3) is 4.72. The average Bonchev–Trinajstić information content (AvgIpc) is 3.55. The smallest absolute Gasteiger partial charge is 0.309 e. The Bertz CT molecular complexity index is 1280. The summed E-state index contributed by atoms with van der Waals surface area (Å²) in [6.45, 7) is 17.9. The van der Waals surface area contributed by atoms with E-state index in [2.05, 4.69) is 45.8 Å². The summed E-state index contributed by atoms with van der Waals surface area (Å²) in [4.78, 5) is 24.6. The molecule has 0 bridgehead atoms. The first-order valence-corrected chi connectivity index (χ1v) is 17.8. The molecule has 1 aromatic heterocycles. The van der Waals surface area contributed by atoms with Crippen LogP contribution in [-0.4, -0.2) is 28.3 Å². The van der Waals surface area contributed by atoms with Crippen LogP contribution in [0.15, 0.2) is 10.6 Å². The van der Waals surface area contributed by atoms with Crippen molar-refractivity contribution in [1.82, 2.24) is 5.16 Å². The van der Waals surface area contributed by atoms with E-state index in [1.54, 1.807) is 13.8 Å². The van der Waals surface area contributed by atoms with Gasteiger partial charge in [-0.3, -0.25) is 9.59 Å². The molecule has 0 saturated heterocycles. The number of carboxylic acids is 1. The van der Waals surface area contributed by atoms with Gasteiger partial charge in [0.15, 0.2) is 0 Å². The molecule has 0 aliphatic heterocycles. The molecule has 6 heteroatoms. The van der Waals surface area contributed by atoms with Crippen molar-refractivity contribution in [1.29, 1.82) is 0 Å². The molecule has 0 radical (unpaired) electrons. The molecule has 6 nitrogen and oxygen atoms in total. The Labute approximate surface area is 265 Å². The number of aliphatic carboxylic acids is 1. The summed E-state index contributed by atoms with van der Waals surface area (Å²) in [6.07, 6.45) is 16.0. The summed E-state index contributed by atoms with van der Waals surface area (Å²) < 4.78 is 11.6. The van der Waals surface area contributed by atoms with Crippen LogP contribution in [0.2, 0.25) is 0 Å². The first-order chi connectivity index (χ1) is 20.5. The fraction of sp³-hybridized carbons (Fsp3) is 0.868. The number of rotatable bonds is 7. The maximum atomic E-state index is 13.0. The second-order valence-corrected chi connectivity index (χ2v) is 18.2. The fourth-order valence-corrected chi connectivity index (χ4v) is 12.9. The molecule has 5 aliphatic rings. The lowest BCUT2D eigenvalue weighted by Crippen LogP contribution is -2.66. The molecule has 44 heavy (non-hydrogen) atoms. The number of aryl methyl sites for hydroxylation is 2. The Morgan fingerprint density at radius 3 is 2.36 bits per heavy atom. The van der Waals surface area contributed by atoms with Gasteiger partial charge in [-0.2, -0.15) is 0 Å². The van der Waals surface area contributed by atoms with Crippen LogP contribution in [-0.2, 0) is 20.7 Å². The minimum atomic E-state index is -1.11. The summed E-state index contributed by atoms with van der Waals surface area (Å²) in [5.74, 6) is 2.42. The largest absolute Gasteiger partial charge is 0.481 e. The molecule has 5 saturated carbocycles. The van der Waals surface area contributed by atoms with Gasteiger partial charge >= 0.3 is 11.9 Å². The van der Waals surface area contributed by atoms with E-state index in [0.29, 0.717) is 28.1 Å². The van der Waals surface area contributed by atoms with E-state index in [1.807, 2.05) is 6.92 Å². The number of esters is 1. The molecule has 0 aromatic carbocycles. The number of carboxylic acid groups (broad SMARTS) is 1. The third-order valence-corrected chi connectivity index (χ3v) is 15.5. The van der Waals surface area contributed by atoms with Gasteiger partial charge in [-0.1, -0.05) is 46.2 Å². The van der Waals surface area contributed by atoms with Crippen LogP contribution in [0.4, 0.5) is 0 Å². The zero-order chi connectivity index (χ0) is 31.9. The lowest BCUT2D eigenvalue weighted by Gasteiger charge is -2.72. The number of aromatic nitrogens is 1. The Balaban J connectivity index is 1.20. The fourth-order valence-electron chi connectivity index (χ4n) is 12.9. The average molecular weight is 610 g/mol. The molecular formula is C38H59NO5. The molecule has 0 spiro atoms. The van der Waals surface area contributed by atoms with Crippen molar-refractivity contribution in [2.45, 2.75) is 151 Å². The van der Waals surface area contributed by atoms with E-state index in [0.717, 1.165) is 42.6 Å². The van der Waals surface area contributed by atoms with Gasteiger partial charge in [0, 0.05) is 11.5 Å². The normalized spacial score (nSPS) is 42.9. The molecule has 5 aliphatic carbocycles. The van der Waals surface area contributed by atoms with Crippen LogP contribution in [0.1, 0.15) is 143 Å². The van der Waals surface area contributed by atoms with Crippen LogP contribution in [0.5, 0.6) is 0 Å². The van der Waals surface area contributed by atoms with Crippen LogP contribution < -0.4 is 0 Å². The van der Waals surface area contributed by atoms with Gasteiger partial charge < -0.3 is 14.4 Å². The molecule has 9 atom stereocenters. The van der Waals surface area contributed by atoms with E-state index < -0.39 is 11.4 Å². The molecule has 1 N–H and O–H groups in total. The van der Waals surface area contributed by atoms with Gasteiger partial charge in [-0.25, -0.2) is 0 Å². The highest BCUT2D eigenvalue weighted by molar-refractivity contribution is 5.81. The summed E-state index contributed by atoms with van der Waals surface area (Å²) in [5, 5.41) is 13.9. The molecule has 1 aromatic rings. The maximum absolute atomic E-state index is 13.0. The molecule has 246 valence electrons. The van der Waals surface area contributed by atoms with Crippen molar-refractivity contribution >= 4 is 11.9 Å². The Hall–Kier alpha value is -1.85. The van der Waals surface area contributed by atoms with Gasteiger partial charge in [0.05, 0.1) is 17.5 Å². The van der Waals surface area contributed by atoms with E-state index >= 15 is 0 Å². The SMILES string of the molecule is Cc1cc(CC[C@]23CCC[C@@H]2[C@H]2CCC4[C@@]5(C)CC[C@H](OC(=O)CC(C)(C)C(=O)O)C(C)(C)C5CC[C@@]4(C)[C@]2(C)CC3)no1. The summed E-state index contributed by atoms with van der Waals surface area (Å²) in [6, 6.07) is 2.13. The molecule has 2 unspecified atom stereocenters. The highest BCUT2D eigenvalue weighted by Gasteiger charge is 2.70. The molecule has 5 fully saturated rings. The second-order valence-electron chi connectivity index (χ2n) is 18.2. The van der Waals surface area contributed by atoms with E-state index in [1.165, 1.54) is 64.2 Å². The Morgan fingerprint density at radius 2 is 1.68 bits per heavy atom.